The van der Waals surface area contributed by atoms with Gasteiger partial charge in [-0.15, -0.1) is 0 Å². The number of rotatable bonds is 9. The van der Waals surface area contributed by atoms with Crippen LogP contribution in [0.2, 0.25) is 0 Å². The third-order valence-electron chi connectivity index (χ3n) is 4.68. The number of nitrogens with zero attached hydrogens (tertiary/aromatic N) is 1. The highest BCUT2D eigenvalue weighted by Gasteiger charge is 2.39. The second kappa shape index (κ2) is 11.9. The van der Waals surface area contributed by atoms with Gasteiger partial charge in [-0.1, -0.05) is 6.07 Å². The third kappa shape index (κ3) is 7.61. The van der Waals surface area contributed by atoms with Crippen molar-refractivity contribution >= 4 is 12.4 Å². The van der Waals surface area contributed by atoms with Crippen LogP contribution in [0.5, 0.6) is 5.75 Å². The number of carbonyl (C=O) groups excluding carboxylic acids is 2. The Bertz CT molecular complexity index is 696. The normalized spacial score (nSPS) is 14.3. The van der Waals surface area contributed by atoms with E-state index in [2.05, 4.69) is 5.73 Å². The molecule has 0 saturated heterocycles. The lowest BCUT2D eigenvalue weighted by atomic mass is 9.99. The lowest BCUT2D eigenvalue weighted by Gasteiger charge is -2.32. The van der Waals surface area contributed by atoms with Gasteiger partial charge < -0.3 is 19.9 Å². The molecule has 170 valence electrons. The monoisotopic (exact) mass is 422 g/mol. The van der Waals surface area contributed by atoms with Gasteiger partial charge in [0, 0.05) is 26.2 Å². The van der Waals surface area contributed by atoms with E-state index >= 15 is 0 Å². The summed E-state index contributed by atoms with van der Waals surface area (Å²) >= 11 is 0. The summed E-state index contributed by atoms with van der Waals surface area (Å²) in [5.41, 5.74) is 6.27. The van der Waals surface area contributed by atoms with Crippen molar-refractivity contribution in [3.63, 3.8) is 0 Å². The molecule has 1 fully saturated rings. The van der Waals surface area contributed by atoms with Crippen LogP contribution in [-0.4, -0.2) is 56.3 Å². The van der Waals surface area contributed by atoms with Crippen molar-refractivity contribution in [3.8, 4) is 5.75 Å². The molecule has 30 heavy (non-hydrogen) atoms. The van der Waals surface area contributed by atoms with E-state index in [1.165, 1.54) is 7.05 Å². The van der Waals surface area contributed by atoms with Crippen LogP contribution in [0.25, 0.3) is 0 Å². The SMILES string of the molecule is CN.COCCCOc1cc(C(C)N(C(=O)OC(C)(C)C)C2CC2)cc(C)c1C=O. The van der Waals surface area contributed by atoms with E-state index < -0.39 is 5.60 Å². The molecule has 0 spiro atoms. The van der Waals surface area contributed by atoms with E-state index in [0.29, 0.717) is 24.5 Å². The molecule has 0 radical (unpaired) electrons. The molecule has 0 aliphatic heterocycles. The van der Waals surface area contributed by atoms with E-state index in [1.54, 1.807) is 7.11 Å². The summed E-state index contributed by atoms with van der Waals surface area (Å²) in [4.78, 5) is 26.2. The first kappa shape index (κ1) is 25.9. The highest BCUT2D eigenvalue weighted by Crippen LogP contribution is 2.37. The molecule has 1 aliphatic carbocycles. The van der Waals surface area contributed by atoms with Crippen molar-refractivity contribution in [2.75, 3.05) is 27.4 Å². The molecule has 0 heterocycles. The van der Waals surface area contributed by atoms with E-state index in [-0.39, 0.29) is 18.2 Å². The summed E-state index contributed by atoms with van der Waals surface area (Å²) in [5.74, 6) is 0.549. The van der Waals surface area contributed by atoms with Gasteiger partial charge in [0.15, 0.2) is 6.29 Å². The smallest absolute Gasteiger partial charge is 0.411 e. The minimum absolute atomic E-state index is 0.178. The number of methoxy groups -OCH3 is 1. The van der Waals surface area contributed by atoms with Crippen LogP contribution in [0.3, 0.4) is 0 Å². The highest BCUT2D eigenvalue weighted by atomic mass is 16.6. The molecule has 0 aromatic heterocycles. The van der Waals surface area contributed by atoms with Crippen molar-refractivity contribution in [3.05, 3.63) is 28.8 Å². The zero-order chi connectivity index (χ0) is 22.9. The van der Waals surface area contributed by atoms with Gasteiger partial charge in [-0.25, -0.2) is 4.79 Å². The zero-order valence-corrected chi connectivity index (χ0v) is 19.5. The van der Waals surface area contributed by atoms with Crippen molar-refractivity contribution in [2.24, 2.45) is 5.73 Å². The number of hydrogen-bond donors (Lipinski definition) is 1. The van der Waals surface area contributed by atoms with Gasteiger partial charge in [0.25, 0.3) is 0 Å². The molecule has 0 bridgehead atoms. The number of benzene rings is 1. The Balaban J connectivity index is 0.00000218. The molecule has 1 unspecified atom stereocenters. The maximum atomic E-state index is 12.8. The first-order valence-corrected chi connectivity index (χ1v) is 10.5. The molecule has 1 saturated carbocycles. The van der Waals surface area contributed by atoms with Crippen LogP contribution in [0.4, 0.5) is 4.79 Å². The van der Waals surface area contributed by atoms with Crippen molar-refractivity contribution in [2.45, 2.75) is 71.6 Å². The highest BCUT2D eigenvalue weighted by molar-refractivity contribution is 5.82. The summed E-state index contributed by atoms with van der Waals surface area (Å²) < 4.78 is 16.5. The van der Waals surface area contributed by atoms with Gasteiger partial charge in [-0.2, -0.15) is 0 Å². The quantitative estimate of drug-likeness (QED) is 0.472. The van der Waals surface area contributed by atoms with Crippen LogP contribution in [0, 0.1) is 6.92 Å². The standard InChI is InChI=1S/C22H33NO5.CH5N/c1-15-12-17(13-20(19(15)14-24)27-11-7-10-26-6)16(2)23(18-8-9-18)21(25)28-22(3,4)5;1-2/h12-14,16,18H,7-11H2,1-6H3;2H2,1H3. The predicted octanol–water partition coefficient (Wildman–Crippen LogP) is 4.26. The van der Waals surface area contributed by atoms with Gasteiger partial charge in [0.1, 0.15) is 11.4 Å². The average molecular weight is 423 g/mol. The van der Waals surface area contributed by atoms with Gasteiger partial charge in [-0.3, -0.25) is 9.69 Å². The Morgan fingerprint density at radius 1 is 1.27 bits per heavy atom. The average Bonchev–Trinajstić information content (AvgIpc) is 3.50. The summed E-state index contributed by atoms with van der Waals surface area (Å²) in [5, 5.41) is 0. The molecule has 1 amide bonds. The van der Waals surface area contributed by atoms with Crippen LogP contribution in [-0.2, 0) is 9.47 Å². The van der Waals surface area contributed by atoms with E-state index in [1.807, 2.05) is 51.7 Å². The molecule has 1 aromatic carbocycles. The molecule has 7 heteroatoms. The molecule has 1 atom stereocenters. The number of hydrogen-bond acceptors (Lipinski definition) is 6. The Kier molecular flexibility index (Phi) is 10.3. The van der Waals surface area contributed by atoms with Crippen molar-refractivity contribution in [1.29, 1.82) is 0 Å². The second-order valence-electron chi connectivity index (χ2n) is 8.36. The Labute approximate surface area is 180 Å². The van der Waals surface area contributed by atoms with Crippen molar-refractivity contribution < 1.29 is 23.8 Å². The number of ether oxygens (including phenoxy) is 3. The van der Waals surface area contributed by atoms with Crippen LogP contribution >= 0.6 is 0 Å². The lowest BCUT2D eigenvalue weighted by molar-refractivity contribution is 0.0153. The minimum Gasteiger partial charge on any atom is -0.493 e. The largest absolute Gasteiger partial charge is 0.493 e. The lowest BCUT2D eigenvalue weighted by Crippen LogP contribution is -2.39. The Hall–Kier alpha value is -2.12. The van der Waals surface area contributed by atoms with E-state index in [9.17, 15) is 9.59 Å². The molecular formula is C23H38N2O5. The maximum absolute atomic E-state index is 12.8. The van der Waals surface area contributed by atoms with Crippen LogP contribution in [0.15, 0.2) is 12.1 Å². The van der Waals surface area contributed by atoms with Gasteiger partial charge in [0.2, 0.25) is 0 Å². The fraction of sp³-hybridized carbons (Fsp3) is 0.652. The van der Waals surface area contributed by atoms with Gasteiger partial charge >= 0.3 is 6.09 Å². The summed E-state index contributed by atoms with van der Waals surface area (Å²) in [7, 11) is 3.15. The molecular weight excluding hydrogens is 384 g/mol. The first-order chi connectivity index (χ1) is 14.2. The topological polar surface area (TPSA) is 91.1 Å². The molecule has 1 aromatic rings. The minimum atomic E-state index is -0.545. The Morgan fingerprint density at radius 3 is 2.40 bits per heavy atom. The zero-order valence-electron chi connectivity index (χ0n) is 19.5. The van der Waals surface area contributed by atoms with E-state index in [4.69, 9.17) is 14.2 Å². The molecule has 1 aliphatic rings. The third-order valence-corrected chi connectivity index (χ3v) is 4.68. The summed E-state index contributed by atoms with van der Waals surface area (Å²) in [6.07, 6.45) is 3.22. The fourth-order valence-electron chi connectivity index (χ4n) is 3.14. The van der Waals surface area contributed by atoms with Gasteiger partial charge in [0.05, 0.1) is 18.2 Å². The predicted molar refractivity (Wildman–Crippen MR) is 118 cm³/mol. The van der Waals surface area contributed by atoms with Crippen molar-refractivity contribution in [1.82, 2.24) is 4.90 Å². The number of amides is 1. The number of aldehydes is 1. The summed E-state index contributed by atoms with van der Waals surface area (Å²) in [6.45, 7) is 10.5. The van der Waals surface area contributed by atoms with Crippen LogP contribution < -0.4 is 10.5 Å². The molecule has 7 nitrogen and oxygen atoms in total. The fourth-order valence-corrected chi connectivity index (χ4v) is 3.14. The molecule has 2 N–H and O–H groups in total. The second-order valence-corrected chi connectivity index (χ2v) is 8.36. The van der Waals surface area contributed by atoms with E-state index in [0.717, 1.165) is 36.7 Å². The number of carbonyl (C=O) groups is 2. The number of nitrogens with two attached hydrogens (primary N) is 1. The van der Waals surface area contributed by atoms with Gasteiger partial charge in [-0.05, 0) is 71.7 Å². The molecule has 2 rings (SSSR count). The Morgan fingerprint density at radius 2 is 1.90 bits per heavy atom. The number of aryl methyl sites for hydroxylation is 1. The maximum Gasteiger partial charge on any atom is 0.411 e. The summed E-state index contributed by atoms with van der Waals surface area (Å²) in [6, 6.07) is 3.84. The van der Waals surface area contributed by atoms with Crippen LogP contribution in [0.1, 0.15) is 74.5 Å². The first-order valence-electron chi connectivity index (χ1n) is 10.5.